The van der Waals surface area contributed by atoms with Crippen molar-refractivity contribution in [3.8, 4) is 0 Å². The predicted octanol–water partition coefficient (Wildman–Crippen LogP) is 4.05. The van der Waals surface area contributed by atoms with Crippen molar-refractivity contribution in [1.29, 1.82) is 0 Å². The van der Waals surface area contributed by atoms with E-state index in [9.17, 15) is 9.59 Å². The van der Waals surface area contributed by atoms with Gasteiger partial charge in [0.1, 0.15) is 0 Å². The van der Waals surface area contributed by atoms with Crippen LogP contribution in [0.4, 0.5) is 0 Å². The van der Waals surface area contributed by atoms with Gasteiger partial charge >= 0.3 is 0 Å². The van der Waals surface area contributed by atoms with Crippen LogP contribution < -0.4 is 5.32 Å². The molecule has 2 rings (SSSR count). The quantitative estimate of drug-likeness (QED) is 0.636. The van der Waals surface area contributed by atoms with Gasteiger partial charge in [-0.05, 0) is 24.8 Å². The molecule has 0 atom stereocenters. The summed E-state index contributed by atoms with van der Waals surface area (Å²) in [7, 11) is 0. The van der Waals surface area contributed by atoms with Crippen molar-refractivity contribution in [3.63, 3.8) is 0 Å². The van der Waals surface area contributed by atoms with Crippen LogP contribution in [-0.4, -0.2) is 17.7 Å². The highest BCUT2D eigenvalue weighted by molar-refractivity contribution is 5.97. The molecule has 0 heterocycles. The molecule has 3 nitrogen and oxygen atoms in total. The maximum Gasteiger partial charge on any atom is 0.220 e. The Hall–Kier alpha value is -1.64. The average Bonchev–Trinajstić information content (AvgIpc) is 2.81. The first-order valence-electron chi connectivity index (χ1n) is 8.60. The fraction of sp³-hybridized carbons (Fsp3) is 0.579. The van der Waals surface area contributed by atoms with E-state index >= 15 is 0 Å². The third-order valence-corrected chi connectivity index (χ3v) is 4.48. The molecule has 0 bridgehead atoms. The maximum atomic E-state index is 12.1. The first kappa shape index (κ1) is 16.7. The Kier molecular flexibility index (Phi) is 6.63. The van der Waals surface area contributed by atoms with Crippen LogP contribution in [0.5, 0.6) is 0 Å². The van der Waals surface area contributed by atoms with Crippen LogP contribution in [-0.2, 0) is 11.2 Å². The molecule has 120 valence electrons. The van der Waals surface area contributed by atoms with Gasteiger partial charge in [-0.2, -0.15) is 0 Å². The number of rotatable bonds is 6. The van der Waals surface area contributed by atoms with Gasteiger partial charge in [0.25, 0.3) is 0 Å². The van der Waals surface area contributed by atoms with Crippen LogP contribution in [0.25, 0.3) is 0 Å². The molecule has 1 aromatic rings. The summed E-state index contributed by atoms with van der Waals surface area (Å²) in [5.74, 6) is 0.0732. The second-order valence-electron chi connectivity index (χ2n) is 6.23. The molecule has 22 heavy (non-hydrogen) atoms. The van der Waals surface area contributed by atoms with Crippen molar-refractivity contribution in [1.82, 2.24) is 5.32 Å². The normalized spacial score (nSPS) is 16.0. The van der Waals surface area contributed by atoms with Crippen molar-refractivity contribution in [2.75, 3.05) is 0 Å². The van der Waals surface area contributed by atoms with Gasteiger partial charge in [0.05, 0.1) is 0 Å². The number of Topliss-reactive ketones (excluding diaryl/α,β-unsaturated/α-hetero) is 1. The SMILES string of the molecule is CCc1ccc(C(=O)CCC(=O)NC2CCCCCC2)cc1. The third-order valence-electron chi connectivity index (χ3n) is 4.48. The van der Waals surface area contributed by atoms with Crippen molar-refractivity contribution >= 4 is 11.7 Å². The van der Waals surface area contributed by atoms with E-state index in [-0.39, 0.29) is 11.7 Å². The van der Waals surface area contributed by atoms with Gasteiger partial charge in [0.15, 0.2) is 5.78 Å². The zero-order valence-corrected chi connectivity index (χ0v) is 13.6. The molecule has 0 saturated heterocycles. The molecular formula is C19H27NO2. The van der Waals surface area contributed by atoms with Gasteiger partial charge in [0.2, 0.25) is 5.91 Å². The molecule has 1 saturated carbocycles. The first-order chi connectivity index (χ1) is 10.7. The van der Waals surface area contributed by atoms with Crippen LogP contribution >= 0.6 is 0 Å². The third kappa shape index (κ3) is 5.28. The molecule has 0 unspecified atom stereocenters. The van der Waals surface area contributed by atoms with E-state index in [4.69, 9.17) is 0 Å². The number of carbonyl (C=O) groups is 2. The zero-order chi connectivity index (χ0) is 15.8. The number of hydrogen-bond acceptors (Lipinski definition) is 2. The van der Waals surface area contributed by atoms with Gasteiger partial charge in [-0.3, -0.25) is 9.59 Å². The Morgan fingerprint density at radius 2 is 1.64 bits per heavy atom. The lowest BCUT2D eigenvalue weighted by molar-refractivity contribution is -0.121. The number of aryl methyl sites for hydroxylation is 1. The van der Waals surface area contributed by atoms with Gasteiger partial charge in [-0.15, -0.1) is 0 Å². The molecule has 0 radical (unpaired) electrons. The van der Waals surface area contributed by atoms with E-state index in [1.54, 1.807) is 0 Å². The minimum Gasteiger partial charge on any atom is -0.353 e. The van der Waals surface area contributed by atoms with E-state index < -0.39 is 0 Å². The summed E-state index contributed by atoms with van der Waals surface area (Å²) in [5, 5.41) is 3.09. The van der Waals surface area contributed by atoms with Crippen LogP contribution in [0.15, 0.2) is 24.3 Å². The molecule has 0 aromatic heterocycles. The van der Waals surface area contributed by atoms with Crippen LogP contribution in [0.1, 0.15) is 74.2 Å². The van der Waals surface area contributed by atoms with Crippen molar-refractivity contribution in [2.45, 2.75) is 70.8 Å². The summed E-state index contributed by atoms with van der Waals surface area (Å²) >= 11 is 0. The van der Waals surface area contributed by atoms with Crippen molar-refractivity contribution < 1.29 is 9.59 Å². The van der Waals surface area contributed by atoms with Crippen LogP contribution in [0, 0.1) is 0 Å². The van der Waals surface area contributed by atoms with Gasteiger partial charge in [-0.1, -0.05) is 56.9 Å². The molecule has 0 aliphatic heterocycles. The van der Waals surface area contributed by atoms with Gasteiger partial charge < -0.3 is 5.32 Å². The zero-order valence-electron chi connectivity index (χ0n) is 13.6. The summed E-state index contributed by atoms with van der Waals surface area (Å²) < 4.78 is 0. The standard InChI is InChI=1S/C19H27NO2/c1-2-15-9-11-16(12-10-15)18(21)13-14-19(22)20-17-7-5-3-4-6-8-17/h9-12,17H,2-8,13-14H2,1H3,(H,20,22). The lowest BCUT2D eigenvalue weighted by atomic mass is 10.0. The Morgan fingerprint density at radius 1 is 1.00 bits per heavy atom. The average molecular weight is 301 g/mol. The predicted molar refractivity (Wildman–Crippen MR) is 89.0 cm³/mol. The Balaban J connectivity index is 1.75. The molecule has 3 heteroatoms. The Labute approximate surface area is 133 Å². The number of hydrogen-bond donors (Lipinski definition) is 1. The number of benzene rings is 1. The summed E-state index contributed by atoms with van der Waals surface area (Å²) in [4.78, 5) is 24.1. The highest BCUT2D eigenvalue weighted by atomic mass is 16.2. The topological polar surface area (TPSA) is 46.2 Å². The maximum absolute atomic E-state index is 12.1. The monoisotopic (exact) mass is 301 g/mol. The highest BCUT2D eigenvalue weighted by Crippen LogP contribution is 2.17. The van der Waals surface area contributed by atoms with E-state index in [1.807, 2.05) is 24.3 Å². The van der Waals surface area contributed by atoms with Gasteiger partial charge in [-0.25, -0.2) is 0 Å². The van der Waals surface area contributed by atoms with Crippen LogP contribution in [0.2, 0.25) is 0 Å². The van der Waals surface area contributed by atoms with E-state index in [0.717, 1.165) is 19.3 Å². The number of nitrogens with one attached hydrogen (secondary N) is 1. The second-order valence-corrected chi connectivity index (χ2v) is 6.23. The molecule has 1 amide bonds. The molecule has 1 fully saturated rings. The molecule has 1 N–H and O–H groups in total. The van der Waals surface area contributed by atoms with Gasteiger partial charge in [0, 0.05) is 24.4 Å². The molecule has 1 aliphatic rings. The lowest BCUT2D eigenvalue weighted by Gasteiger charge is -2.16. The van der Waals surface area contributed by atoms with Crippen LogP contribution in [0.3, 0.4) is 0 Å². The minimum absolute atomic E-state index is 0.0189. The lowest BCUT2D eigenvalue weighted by Crippen LogP contribution is -2.34. The Morgan fingerprint density at radius 3 is 2.23 bits per heavy atom. The summed E-state index contributed by atoms with van der Waals surface area (Å²) in [5.41, 5.74) is 1.93. The highest BCUT2D eigenvalue weighted by Gasteiger charge is 2.15. The first-order valence-corrected chi connectivity index (χ1v) is 8.60. The van der Waals surface area contributed by atoms with Crippen molar-refractivity contribution in [3.05, 3.63) is 35.4 Å². The fourth-order valence-electron chi connectivity index (χ4n) is 3.02. The summed E-state index contributed by atoms with van der Waals surface area (Å²) in [6.07, 6.45) is 8.68. The fourth-order valence-corrected chi connectivity index (χ4v) is 3.02. The van der Waals surface area contributed by atoms with E-state index in [1.165, 1.54) is 31.2 Å². The molecular weight excluding hydrogens is 274 g/mol. The molecule has 1 aliphatic carbocycles. The Bertz CT molecular complexity index is 485. The van der Waals surface area contributed by atoms with E-state index in [0.29, 0.717) is 24.4 Å². The smallest absolute Gasteiger partial charge is 0.220 e. The van der Waals surface area contributed by atoms with E-state index in [2.05, 4.69) is 12.2 Å². The second kappa shape index (κ2) is 8.72. The minimum atomic E-state index is 0.0189. The van der Waals surface area contributed by atoms with Crippen molar-refractivity contribution in [2.24, 2.45) is 0 Å². The number of carbonyl (C=O) groups excluding carboxylic acids is 2. The summed E-state index contributed by atoms with van der Waals surface area (Å²) in [6, 6.07) is 8.01. The number of ketones is 1. The summed E-state index contributed by atoms with van der Waals surface area (Å²) in [6.45, 7) is 2.09. The number of amides is 1. The molecule has 1 aromatic carbocycles. The largest absolute Gasteiger partial charge is 0.353 e. The molecule has 0 spiro atoms.